The summed E-state index contributed by atoms with van der Waals surface area (Å²) in [6.45, 7) is 4.62. The topological polar surface area (TPSA) is 49.4 Å². The van der Waals surface area contributed by atoms with Crippen molar-refractivity contribution in [2.24, 2.45) is 0 Å². The summed E-state index contributed by atoms with van der Waals surface area (Å²) >= 11 is 1.72. The molecule has 3 rings (SSSR count). The molecule has 21 heavy (non-hydrogen) atoms. The molecule has 2 heterocycles. The zero-order valence-corrected chi connectivity index (χ0v) is 13.2. The second-order valence-electron chi connectivity index (χ2n) is 5.97. The molecule has 112 valence electrons. The van der Waals surface area contributed by atoms with Crippen molar-refractivity contribution in [1.82, 2.24) is 10.2 Å². The van der Waals surface area contributed by atoms with E-state index in [2.05, 4.69) is 18.3 Å². The molecule has 2 aliphatic rings. The molecular formula is C16H20N2O2S. The minimum absolute atomic E-state index is 0.0389. The number of nitrogens with zero attached hydrogens (tertiary/aromatic N) is 1. The molecule has 0 bridgehead atoms. The van der Waals surface area contributed by atoms with Crippen LogP contribution < -0.4 is 5.32 Å². The van der Waals surface area contributed by atoms with E-state index in [1.54, 1.807) is 16.7 Å². The van der Waals surface area contributed by atoms with E-state index in [0.717, 1.165) is 12.0 Å². The molecule has 2 aliphatic heterocycles. The Kier molecular flexibility index (Phi) is 3.69. The lowest BCUT2D eigenvalue weighted by molar-refractivity contribution is -0.138. The van der Waals surface area contributed by atoms with Crippen molar-refractivity contribution in [2.45, 2.75) is 44.1 Å². The van der Waals surface area contributed by atoms with E-state index in [1.165, 1.54) is 5.56 Å². The standard InChI is InChI=1S/C16H20N2O2S/c1-11-4-3-5-12(8-11)9-17-15(20)13-10-21-16(2)7-6-14(19)18(13)16/h3-5,8,13H,6-7,9-10H2,1-2H3,(H,17,20)/t13-,16+/m1/s1. The van der Waals surface area contributed by atoms with E-state index in [-0.39, 0.29) is 22.7 Å². The molecule has 0 unspecified atom stereocenters. The fourth-order valence-electron chi connectivity index (χ4n) is 3.14. The Morgan fingerprint density at radius 2 is 2.33 bits per heavy atom. The summed E-state index contributed by atoms with van der Waals surface area (Å²) in [4.78, 5) is 26.1. The van der Waals surface area contributed by atoms with Gasteiger partial charge in [0.25, 0.3) is 0 Å². The zero-order chi connectivity index (χ0) is 15.0. The van der Waals surface area contributed by atoms with Crippen LogP contribution in [0.4, 0.5) is 0 Å². The number of hydrogen-bond acceptors (Lipinski definition) is 3. The van der Waals surface area contributed by atoms with Crippen molar-refractivity contribution in [3.05, 3.63) is 35.4 Å². The molecule has 4 nitrogen and oxygen atoms in total. The first-order valence-corrected chi connectivity index (χ1v) is 8.27. The van der Waals surface area contributed by atoms with Crippen LogP contribution in [0.15, 0.2) is 24.3 Å². The highest BCUT2D eigenvalue weighted by Gasteiger charge is 2.52. The molecule has 2 fully saturated rings. The predicted octanol–water partition coefficient (Wildman–Crippen LogP) is 2.07. The highest BCUT2D eigenvalue weighted by atomic mass is 32.2. The number of nitrogens with one attached hydrogen (secondary N) is 1. The van der Waals surface area contributed by atoms with Crippen LogP contribution in [0.5, 0.6) is 0 Å². The van der Waals surface area contributed by atoms with Gasteiger partial charge in [-0.25, -0.2) is 0 Å². The van der Waals surface area contributed by atoms with Crippen LogP contribution in [0.3, 0.4) is 0 Å². The quantitative estimate of drug-likeness (QED) is 0.930. The second-order valence-corrected chi connectivity index (χ2v) is 7.47. The largest absolute Gasteiger partial charge is 0.350 e. The van der Waals surface area contributed by atoms with Gasteiger partial charge in [-0.3, -0.25) is 9.59 Å². The molecule has 0 radical (unpaired) electrons. The van der Waals surface area contributed by atoms with Crippen molar-refractivity contribution in [1.29, 1.82) is 0 Å². The van der Waals surface area contributed by atoms with Gasteiger partial charge < -0.3 is 10.2 Å². The number of hydrogen-bond donors (Lipinski definition) is 1. The molecule has 2 saturated heterocycles. The number of carbonyl (C=O) groups excluding carboxylic acids is 2. The van der Waals surface area contributed by atoms with Crippen LogP contribution in [0.2, 0.25) is 0 Å². The maximum absolute atomic E-state index is 12.4. The molecule has 1 N–H and O–H groups in total. The van der Waals surface area contributed by atoms with Crippen molar-refractivity contribution >= 4 is 23.6 Å². The number of benzene rings is 1. The molecule has 1 aromatic rings. The van der Waals surface area contributed by atoms with Crippen LogP contribution in [0, 0.1) is 6.92 Å². The summed E-state index contributed by atoms with van der Waals surface area (Å²) in [6, 6.07) is 7.77. The minimum Gasteiger partial charge on any atom is -0.350 e. The minimum atomic E-state index is -0.320. The molecule has 1 aromatic carbocycles. The maximum atomic E-state index is 12.4. The van der Waals surface area contributed by atoms with Gasteiger partial charge in [-0.2, -0.15) is 0 Å². The number of carbonyl (C=O) groups is 2. The van der Waals surface area contributed by atoms with Gasteiger partial charge in [0.05, 0.1) is 4.87 Å². The first-order chi connectivity index (χ1) is 9.99. The summed E-state index contributed by atoms with van der Waals surface area (Å²) in [7, 11) is 0. The molecule has 2 atom stereocenters. The summed E-state index contributed by atoms with van der Waals surface area (Å²) < 4.78 is 0. The number of aryl methyl sites for hydroxylation is 1. The average molecular weight is 304 g/mol. The molecule has 0 spiro atoms. The number of thioether (sulfide) groups is 1. The van der Waals surface area contributed by atoms with Gasteiger partial charge in [-0.1, -0.05) is 29.8 Å². The third kappa shape index (κ3) is 2.67. The Labute approximate surface area is 129 Å². The first-order valence-electron chi connectivity index (χ1n) is 7.29. The fraction of sp³-hybridized carbons (Fsp3) is 0.500. The smallest absolute Gasteiger partial charge is 0.243 e. The highest BCUT2D eigenvalue weighted by molar-refractivity contribution is 8.01. The Bertz CT molecular complexity index is 589. The Hall–Kier alpha value is -1.49. The van der Waals surface area contributed by atoms with Crippen molar-refractivity contribution in [3.8, 4) is 0 Å². The summed E-state index contributed by atoms with van der Waals surface area (Å²) in [5.74, 6) is 0.767. The van der Waals surface area contributed by atoms with Gasteiger partial charge in [0.1, 0.15) is 6.04 Å². The van der Waals surface area contributed by atoms with Gasteiger partial charge in [0, 0.05) is 18.7 Å². The lowest BCUT2D eigenvalue weighted by Gasteiger charge is -2.29. The first kappa shape index (κ1) is 14.4. The van der Waals surface area contributed by atoms with E-state index in [0.29, 0.717) is 18.7 Å². The van der Waals surface area contributed by atoms with Crippen molar-refractivity contribution < 1.29 is 9.59 Å². The highest BCUT2D eigenvalue weighted by Crippen LogP contribution is 2.47. The molecular weight excluding hydrogens is 284 g/mol. The van der Waals surface area contributed by atoms with Gasteiger partial charge in [-0.15, -0.1) is 11.8 Å². The summed E-state index contributed by atoms with van der Waals surface area (Å²) in [5.41, 5.74) is 2.27. The van der Waals surface area contributed by atoms with Crippen LogP contribution in [0.1, 0.15) is 30.9 Å². The van der Waals surface area contributed by atoms with E-state index in [1.807, 2.05) is 25.1 Å². The third-order valence-corrected chi connectivity index (χ3v) is 5.80. The number of fused-ring (bicyclic) bond motifs is 1. The van der Waals surface area contributed by atoms with E-state index < -0.39 is 0 Å². The van der Waals surface area contributed by atoms with Crippen molar-refractivity contribution in [2.75, 3.05) is 5.75 Å². The number of amides is 2. The second kappa shape index (κ2) is 5.37. The summed E-state index contributed by atoms with van der Waals surface area (Å²) in [6.07, 6.45) is 1.41. The van der Waals surface area contributed by atoms with Crippen LogP contribution in [-0.4, -0.2) is 33.4 Å². The van der Waals surface area contributed by atoms with E-state index >= 15 is 0 Å². The number of rotatable bonds is 3. The Morgan fingerprint density at radius 1 is 1.52 bits per heavy atom. The van der Waals surface area contributed by atoms with Gasteiger partial charge >= 0.3 is 0 Å². The normalized spacial score (nSPS) is 27.8. The average Bonchev–Trinajstić information content (AvgIpc) is 2.94. The van der Waals surface area contributed by atoms with Gasteiger partial charge in [-0.05, 0) is 25.8 Å². The van der Waals surface area contributed by atoms with Gasteiger partial charge in [0.2, 0.25) is 11.8 Å². The Morgan fingerprint density at radius 3 is 3.10 bits per heavy atom. The van der Waals surface area contributed by atoms with Gasteiger partial charge in [0.15, 0.2) is 0 Å². The SMILES string of the molecule is Cc1cccc(CNC(=O)[C@H]2CS[C@@]3(C)CCC(=O)N23)c1. The molecule has 0 aliphatic carbocycles. The summed E-state index contributed by atoms with van der Waals surface area (Å²) in [5, 5.41) is 2.97. The molecule has 0 aromatic heterocycles. The van der Waals surface area contributed by atoms with Crippen LogP contribution in [0.25, 0.3) is 0 Å². The van der Waals surface area contributed by atoms with Crippen molar-refractivity contribution in [3.63, 3.8) is 0 Å². The molecule has 5 heteroatoms. The third-order valence-electron chi connectivity index (χ3n) is 4.30. The van der Waals surface area contributed by atoms with Crippen LogP contribution >= 0.6 is 11.8 Å². The zero-order valence-electron chi connectivity index (χ0n) is 12.4. The van der Waals surface area contributed by atoms with E-state index in [9.17, 15) is 9.59 Å². The Balaban J connectivity index is 1.65. The predicted molar refractivity (Wildman–Crippen MR) is 83.8 cm³/mol. The van der Waals surface area contributed by atoms with E-state index in [4.69, 9.17) is 0 Å². The monoisotopic (exact) mass is 304 g/mol. The molecule has 2 amide bonds. The maximum Gasteiger partial charge on any atom is 0.243 e. The lowest BCUT2D eigenvalue weighted by atomic mass is 10.1. The lowest BCUT2D eigenvalue weighted by Crippen LogP contribution is -2.49. The van der Waals surface area contributed by atoms with Crippen LogP contribution in [-0.2, 0) is 16.1 Å². The molecule has 0 saturated carbocycles. The fourth-order valence-corrected chi connectivity index (χ4v) is 4.58.